The summed E-state index contributed by atoms with van der Waals surface area (Å²) in [5, 5.41) is 12.0. The number of aliphatic carboxylic acids is 1. The SMILES string of the molecule is NC(N)=NCCC[C@H](NC(=O)[C@@H](N)Cc1cnc[nH]1)C(=O)N1CCC[C@@H]1C(=O)O. The quantitative estimate of drug-likeness (QED) is 0.143. The van der Waals surface area contributed by atoms with Crippen molar-refractivity contribution in [2.45, 2.75) is 50.2 Å². The summed E-state index contributed by atoms with van der Waals surface area (Å²) in [6, 6.07) is -2.69. The molecule has 1 aromatic rings. The lowest BCUT2D eigenvalue weighted by atomic mass is 10.1. The van der Waals surface area contributed by atoms with Gasteiger partial charge in [-0.1, -0.05) is 0 Å². The highest BCUT2D eigenvalue weighted by Crippen LogP contribution is 2.19. The zero-order valence-corrected chi connectivity index (χ0v) is 16.1. The van der Waals surface area contributed by atoms with Crippen molar-refractivity contribution in [2.24, 2.45) is 22.2 Å². The number of imidazole rings is 1. The van der Waals surface area contributed by atoms with Gasteiger partial charge < -0.3 is 37.5 Å². The number of hydrogen-bond donors (Lipinski definition) is 6. The van der Waals surface area contributed by atoms with Gasteiger partial charge in [-0.15, -0.1) is 0 Å². The van der Waals surface area contributed by atoms with Crippen LogP contribution in [0.4, 0.5) is 0 Å². The highest BCUT2D eigenvalue weighted by atomic mass is 16.4. The number of rotatable bonds is 10. The molecule has 12 nitrogen and oxygen atoms in total. The van der Waals surface area contributed by atoms with Gasteiger partial charge in [-0.2, -0.15) is 0 Å². The minimum Gasteiger partial charge on any atom is -0.480 e. The molecule has 160 valence electrons. The van der Waals surface area contributed by atoms with Crippen molar-refractivity contribution in [1.82, 2.24) is 20.2 Å². The fourth-order valence-corrected chi connectivity index (χ4v) is 3.25. The number of nitrogens with one attached hydrogen (secondary N) is 2. The number of hydrogen-bond acceptors (Lipinski definition) is 6. The summed E-state index contributed by atoms with van der Waals surface area (Å²) in [7, 11) is 0. The monoisotopic (exact) mass is 408 g/mol. The molecule has 0 spiro atoms. The Kier molecular flexibility index (Phi) is 7.95. The summed E-state index contributed by atoms with van der Waals surface area (Å²) in [5.74, 6) is -2.08. The number of carbonyl (C=O) groups excluding carboxylic acids is 2. The van der Waals surface area contributed by atoms with Crippen LogP contribution in [0.5, 0.6) is 0 Å². The molecule has 0 aliphatic carbocycles. The highest BCUT2D eigenvalue weighted by Gasteiger charge is 2.37. The lowest BCUT2D eigenvalue weighted by Gasteiger charge is -2.28. The molecule has 0 radical (unpaired) electrons. The molecule has 1 fully saturated rings. The molecular weight excluding hydrogens is 380 g/mol. The largest absolute Gasteiger partial charge is 0.480 e. The number of nitrogens with two attached hydrogens (primary N) is 3. The van der Waals surface area contributed by atoms with Gasteiger partial charge in [0.2, 0.25) is 11.8 Å². The predicted octanol–water partition coefficient (Wildman–Crippen LogP) is -2.11. The normalized spacial score (nSPS) is 18.1. The van der Waals surface area contributed by atoms with Crippen LogP contribution in [-0.2, 0) is 20.8 Å². The first-order chi connectivity index (χ1) is 13.8. The first-order valence-electron chi connectivity index (χ1n) is 9.41. The molecule has 0 unspecified atom stereocenters. The summed E-state index contributed by atoms with van der Waals surface area (Å²) >= 11 is 0. The highest BCUT2D eigenvalue weighted by molar-refractivity contribution is 5.92. The number of carboxylic acid groups (broad SMARTS) is 1. The van der Waals surface area contributed by atoms with Crippen molar-refractivity contribution in [3.8, 4) is 0 Å². The zero-order valence-electron chi connectivity index (χ0n) is 16.1. The van der Waals surface area contributed by atoms with E-state index >= 15 is 0 Å². The standard InChI is InChI=1S/C17H28N8O4/c18-11(7-10-8-21-9-23-10)14(26)24-12(3-1-5-22-17(19)20)15(27)25-6-2-4-13(25)16(28)29/h8-9,11-13H,1-7,18H2,(H,21,23)(H,24,26)(H,28,29)(H4,19,20,22)/t11-,12-,13+/m0/s1. The molecule has 1 aliphatic rings. The zero-order chi connectivity index (χ0) is 21.4. The second kappa shape index (κ2) is 10.4. The number of nitrogens with zero attached hydrogens (tertiary/aromatic N) is 3. The number of H-pyrrole nitrogens is 1. The molecular formula is C17H28N8O4. The molecule has 1 aliphatic heterocycles. The number of guanidine groups is 1. The van der Waals surface area contributed by atoms with Crippen LogP contribution in [-0.4, -0.2) is 74.9 Å². The minimum absolute atomic E-state index is 0.0658. The van der Waals surface area contributed by atoms with Gasteiger partial charge in [-0.05, 0) is 25.7 Å². The number of aromatic nitrogens is 2. The van der Waals surface area contributed by atoms with Gasteiger partial charge in [0, 0.05) is 31.4 Å². The first kappa shape index (κ1) is 22.1. The molecule has 1 saturated heterocycles. The maximum absolute atomic E-state index is 13.0. The Hall–Kier alpha value is -3.15. The van der Waals surface area contributed by atoms with E-state index in [0.29, 0.717) is 31.5 Å². The van der Waals surface area contributed by atoms with Crippen LogP contribution in [0.2, 0.25) is 0 Å². The topological polar surface area (TPSA) is 206 Å². The smallest absolute Gasteiger partial charge is 0.326 e. The summed E-state index contributed by atoms with van der Waals surface area (Å²) < 4.78 is 0. The second-order valence-electron chi connectivity index (χ2n) is 6.93. The first-order valence-corrected chi connectivity index (χ1v) is 9.41. The van der Waals surface area contributed by atoms with Gasteiger partial charge in [0.1, 0.15) is 12.1 Å². The lowest BCUT2D eigenvalue weighted by molar-refractivity contribution is -0.149. The molecule has 0 aromatic carbocycles. The summed E-state index contributed by atoms with van der Waals surface area (Å²) in [6.07, 6.45) is 4.92. The van der Waals surface area contributed by atoms with E-state index in [1.807, 2.05) is 0 Å². The van der Waals surface area contributed by atoms with E-state index in [9.17, 15) is 19.5 Å². The summed E-state index contributed by atoms with van der Waals surface area (Å²) in [5.41, 5.74) is 17.2. The fraction of sp³-hybridized carbons (Fsp3) is 0.588. The van der Waals surface area contributed by atoms with Crippen molar-refractivity contribution in [3.63, 3.8) is 0 Å². The molecule has 12 heteroatoms. The lowest BCUT2D eigenvalue weighted by Crippen LogP contribution is -2.54. The van der Waals surface area contributed by atoms with Crippen LogP contribution in [0.3, 0.4) is 0 Å². The minimum atomic E-state index is -1.06. The van der Waals surface area contributed by atoms with Crippen molar-refractivity contribution in [3.05, 3.63) is 18.2 Å². The van der Waals surface area contributed by atoms with Crippen molar-refractivity contribution >= 4 is 23.7 Å². The molecule has 29 heavy (non-hydrogen) atoms. The van der Waals surface area contributed by atoms with Crippen LogP contribution in [0.1, 0.15) is 31.4 Å². The van der Waals surface area contributed by atoms with Crippen LogP contribution in [0.25, 0.3) is 0 Å². The molecule has 2 amide bonds. The second-order valence-corrected chi connectivity index (χ2v) is 6.93. The molecule has 0 saturated carbocycles. The van der Waals surface area contributed by atoms with Crippen molar-refractivity contribution in [2.75, 3.05) is 13.1 Å². The number of aliphatic imine (C=N–C) groups is 1. The van der Waals surface area contributed by atoms with E-state index in [-0.39, 0.29) is 25.3 Å². The van der Waals surface area contributed by atoms with Crippen LogP contribution in [0.15, 0.2) is 17.5 Å². The van der Waals surface area contributed by atoms with E-state index < -0.39 is 35.9 Å². The number of aromatic amines is 1. The molecule has 0 bridgehead atoms. The molecule has 9 N–H and O–H groups in total. The van der Waals surface area contributed by atoms with Gasteiger partial charge in [-0.3, -0.25) is 14.6 Å². The maximum Gasteiger partial charge on any atom is 0.326 e. The van der Waals surface area contributed by atoms with E-state index in [1.165, 1.54) is 11.2 Å². The third-order valence-electron chi connectivity index (χ3n) is 4.71. The van der Waals surface area contributed by atoms with E-state index in [2.05, 4.69) is 20.3 Å². The van der Waals surface area contributed by atoms with Crippen molar-refractivity contribution < 1.29 is 19.5 Å². The number of carbonyl (C=O) groups is 3. The fourth-order valence-electron chi connectivity index (χ4n) is 3.25. The Morgan fingerprint density at radius 1 is 1.41 bits per heavy atom. The number of amides is 2. The van der Waals surface area contributed by atoms with Gasteiger partial charge in [0.25, 0.3) is 0 Å². The Labute approximate surface area is 167 Å². The Morgan fingerprint density at radius 2 is 2.17 bits per heavy atom. The maximum atomic E-state index is 13.0. The van der Waals surface area contributed by atoms with Crippen LogP contribution < -0.4 is 22.5 Å². The summed E-state index contributed by atoms with van der Waals surface area (Å²) in [6.45, 7) is 0.612. The van der Waals surface area contributed by atoms with Crippen LogP contribution >= 0.6 is 0 Å². The van der Waals surface area contributed by atoms with Gasteiger partial charge in [0.05, 0.1) is 12.4 Å². The Morgan fingerprint density at radius 3 is 2.79 bits per heavy atom. The van der Waals surface area contributed by atoms with Crippen LogP contribution in [0, 0.1) is 0 Å². The molecule has 3 atom stereocenters. The molecule has 2 rings (SSSR count). The van der Waals surface area contributed by atoms with Gasteiger partial charge >= 0.3 is 5.97 Å². The third kappa shape index (κ3) is 6.45. The predicted molar refractivity (Wildman–Crippen MR) is 104 cm³/mol. The van der Waals surface area contributed by atoms with Crippen molar-refractivity contribution in [1.29, 1.82) is 0 Å². The van der Waals surface area contributed by atoms with Gasteiger partial charge in [-0.25, -0.2) is 9.78 Å². The Bertz CT molecular complexity index is 732. The molecule has 2 heterocycles. The number of carboxylic acids is 1. The third-order valence-corrected chi connectivity index (χ3v) is 4.71. The number of likely N-dealkylation sites (tertiary alicyclic amines) is 1. The van der Waals surface area contributed by atoms with E-state index in [0.717, 1.165) is 0 Å². The van der Waals surface area contributed by atoms with E-state index in [1.54, 1.807) is 6.20 Å². The van der Waals surface area contributed by atoms with Gasteiger partial charge in [0.15, 0.2) is 5.96 Å². The van der Waals surface area contributed by atoms with E-state index in [4.69, 9.17) is 17.2 Å². The summed E-state index contributed by atoms with van der Waals surface area (Å²) in [4.78, 5) is 48.8. The Balaban J connectivity index is 2.04. The average molecular weight is 408 g/mol. The average Bonchev–Trinajstić information content (AvgIpc) is 3.34. The molecule has 1 aromatic heterocycles.